The van der Waals surface area contributed by atoms with Crippen molar-refractivity contribution in [2.75, 3.05) is 20.1 Å². The van der Waals surface area contributed by atoms with E-state index in [0.717, 1.165) is 62.2 Å². The Hall–Kier alpha value is -2.15. The number of piperidine rings is 1. The number of phenolic OH excluding ortho intramolecular Hbond substituents is 1. The average Bonchev–Trinajstić information content (AvgIpc) is 3.12. The van der Waals surface area contributed by atoms with Gasteiger partial charge in [-0.15, -0.1) is 5.10 Å². The fraction of sp³-hybridized carbons (Fsp3) is 0.524. The number of hydrogen-bond donors (Lipinski definition) is 1. The van der Waals surface area contributed by atoms with E-state index < -0.39 is 17.5 Å². The van der Waals surface area contributed by atoms with E-state index >= 15 is 0 Å². The lowest BCUT2D eigenvalue weighted by Crippen LogP contribution is -2.33. The van der Waals surface area contributed by atoms with Crippen LogP contribution in [0.2, 0.25) is 0 Å². The van der Waals surface area contributed by atoms with Gasteiger partial charge in [0.05, 0.1) is 11.3 Å². The topological polar surface area (TPSA) is 49.2 Å². The molecule has 28 heavy (non-hydrogen) atoms. The third-order valence-electron chi connectivity index (χ3n) is 5.91. The fourth-order valence-corrected chi connectivity index (χ4v) is 4.56. The first-order chi connectivity index (χ1) is 13.3. The second kappa shape index (κ2) is 7.35. The van der Waals surface area contributed by atoms with Gasteiger partial charge in [-0.1, -0.05) is 0 Å². The Morgan fingerprint density at radius 1 is 1.14 bits per heavy atom. The van der Waals surface area contributed by atoms with Crippen LogP contribution in [-0.2, 0) is 25.4 Å². The zero-order valence-electron chi connectivity index (χ0n) is 15.9. The maximum atomic E-state index is 12.9. The maximum Gasteiger partial charge on any atom is 0.416 e. The molecular formula is C21H24F3N3O. The second-order valence-corrected chi connectivity index (χ2v) is 8.01. The van der Waals surface area contributed by atoms with Crippen molar-refractivity contribution in [2.45, 2.75) is 44.7 Å². The van der Waals surface area contributed by atoms with Crippen molar-refractivity contribution in [2.24, 2.45) is 5.92 Å². The molecule has 1 aliphatic heterocycles. The third kappa shape index (κ3) is 3.72. The van der Waals surface area contributed by atoms with E-state index in [9.17, 15) is 18.3 Å². The first-order valence-corrected chi connectivity index (χ1v) is 9.79. The molecule has 1 aromatic carbocycles. The van der Waals surface area contributed by atoms with Gasteiger partial charge in [-0.2, -0.15) is 18.3 Å². The van der Waals surface area contributed by atoms with Gasteiger partial charge in [0.2, 0.25) is 0 Å². The van der Waals surface area contributed by atoms with Crippen molar-refractivity contribution in [1.82, 2.24) is 15.1 Å². The molecule has 4 rings (SSSR count). The monoisotopic (exact) mass is 391 g/mol. The minimum Gasteiger partial charge on any atom is -0.507 e. The van der Waals surface area contributed by atoms with Gasteiger partial charge in [0.15, 0.2) is 0 Å². The Labute approximate surface area is 162 Å². The highest BCUT2D eigenvalue weighted by molar-refractivity contribution is 5.71. The first kappa shape index (κ1) is 19.2. The molecule has 1 N–H and O–H groups in total. The molecule has 2 aliphatic rings. The lowest BCUT2D eigenvalue weighted by molar-refractivity contribution is -0.137. The number of rotatable bonds is 3. The van der Waals surface area contributed by atoms with Gasteiger partial charge >= 0.3 is 6.18 Å². The van der Waals surface area contributed by atoms with Crippen LogP contribution in [0.25, 0.3) is 11.3 Å². The second-order valence-electron chi connectivity index (χ2n) is 8.01. The number of aromatic nitrogens is 2. The summed E-state index contributed by atoms with van der Waals surface area (Å²) in [5.41, 5.74) is 3.20. The van der Waals surface area contributed by atoms with Crippen molar-refractivity contribution in [3.8, 4) is 17.0 Å². The third-order valence-corrected chi connectivity index (χ3v) is 5.91. The summed E-state index contributed by atoms with van der Waals surface area (Å²) < 4.78 is 38.6. The SMILES string of the molecule is CN1CCC[C@@H](Cc2nnc(-c3ccc(C(F)(F)F)cc3O)c3c2CCC3)C1. The molecule has 1 atom stereocenters. The van der Waals surface area contributed by atoms with Gasteiger partial charge in [0, 0.05) is 12.1 Å². The van der Waals surface area contributed by atoms with Crippen LogP contribution in [-0.4, -0.2) is 40.3 Å². The molecule has 2 heterocycles. The summed E-state index contributed by atoms with van der Waals surface area (Å²) in [4.78, 5) is 2.34. The van der Waals surface area contributed by atoms with Crippen LogP contribution >= 0.6 is 0 Å². The summed E-state index contributed by atoms with van der Waals surface area (Å²) in [6.45, 7) is 2.18. The average molecular weight is 391 g/mol. The molecule has 150 valence electrons. The molecule has 0 amide bonds. The number of nitrogens with zero attached hydrogens (tertiary/aromatic N) is 3. The largest absolute Gasteiger partial charge is 0.507 e. The molecule has 0 unspecified atom stereocenters. The Bertz CT molecular complexity index is 882. The quantitative estimate of drug-likeness (QED) is 0.850. The molecule has 0 spiro atoms. The Kier molecular flexibility index (Phi) is 5.04. The van der Waals surface area contributed by atoms with E-state index in [2.05, 4.69) is 22.1 Å². The molecule has 0 saturated carbocycles. The molecule has 2 aromatic rings. The molecule has 0 radical (unpaired) electrons. The van der Waals surface area contributed by atoms with Crippen LogP contribution < -0.4 is 0 Å². The summed E-state index contributed by atoms with van der Waals surface area (Å²) in [5.74, 6) is 0.156. The number of hydrogen-bond acceptors (Lipinski definition) is 4. The predicted molar refractivity (Wildman–Crippen MR) is 100 cm³/mol. The van der Waals surface area contributed by atoms with Crippen molar-refractivity contribution in [3.05, 3.63) is 40.6 Å². The number of alkyl halides is 3. The summed E-state index contributed by atoms with van der Waals surface area (Å²) in [6.07, 6.45) is 1.49. The van der Waals surface area contributed by atoms with Crippen LogP contribution in [0, 0.1) is 5.92 Å². The highest BCUT2D eigenvalue weighted by atomic mass is 19.4. The molecule has 1 aromatic heterocycles. The van der Waals surface area contributed by atoms with E-state index in [-0.39, 0.29) is 0 Å². The summed E-state index contributed by atoms with van der Waals surface area (Å²) in [5, 5.41) is 19.0. The van der Waals surface area contributed by atoms with Crippen LogP contribution in [0.3, 0.4) is 0 Å². The molecule has 1 aliphatic carbocycles. The van der Waals surface area contributed by atoms with Crippen LogP contribution in [0.1, 0.15) is 41.6 Å². The van der Waals surface area contributed by atoms with Crippen LogP contribution in [0.4, 0.5) is 13.2 Å². The van der Waals surface area contributed by atoms with E-state index in [1.54, 1.807) is 0 Å². The van der Waals surface area contributed by atoms with Gasteiger partial charge in [-0.25, -0.2) is 0 Å². The smallest absolute Gasteiger partial charge is 0.416 e. The lowest BCUT2D eigenvalue weighted by atomic mass is 9.91. The van der Waals surface area contributed by atoms with E-state index in [1.807, 2.05) is 0 Å². The molecule has 4 nitrogen and oxygen atoms in total. The molecule has 7 heteroatoms. The molecule has 0 bridgehead atoms. The van der Waals surface area contributed by atoms with E-state index in [1.165, 1.54) is 24.5 Å². The summed E-state index contributed by atoms with van der Waals surface area (Å²) >= 11 is 0. The number of aromatic hydroxyl groups is 1. The van der Waals surface area contributed by atoms with Crippen molar-refractivity contribution >= 4 is 0 Å². The molecular weight excluding hydrogens is 367 g/mol. The summed E-state index contributed by atoms with van der Waals surface area (Å²) in [7, 11) is 2.14. The maximum absolute atomic E-state index is 12.9. The minimum absolute atomic E-state index is 0.322. The van der Waals surface area contributed by atoms with E-state index in [4.69, 9.17) is 0 Å². The van der Waals surface area contributed by atoms with Gasteiger partial charge in [0.25, 0.3) is 0 Å². The normalized spacial score (nSPS) is 20.4. The highest BCUT2D eigenvalue weighted by Crippen LogP contribution is 2.39. The first-order valence-electron chi connectivity index (χ1n) is 9.79. The molecule has 1 saturated heterocycles. The number of benzene rings is 1. The van der Waals surface area contributed by atoms with Crippen molar-refractivity contribution < 1.29 is 18.3 Å². The fourth-order valence-electron chi connectivity index (χ4n) is 4.56. The number of fused-ring (bicyclic) bond motifs is 1. The van der Waals surface area contributed by atoms with Gasteiger partial charge in [-0.3, -0.25) is 0 Å². The Morgan fingerprint density at radius 2 is 1.93 bits per heavy atom. The van der Waals surface area contributed by atoms with E-state index in [0.29, 0.717) is 17.2 Å². The zero-order chi connectivity index (χ0) is 19.9. The molecule has 1 fully saturated rings. The minimum atomic E-state index is -4.49. The Balaban J connectivity index is 1.66. The van der Waals surface area contributed by atoms with Gasteiger partial charge in [-0.05, 0) is 87.4 Å². The van der Waals surface area contributed by atoms with Crippen LogP contribution in [0.15, 0.2) is 18.2 Å². The van der Waals surface area contributed by atoms with Crippen molar-refractivity contribution in [1.29, 1.82) is 0 Å². The number of phenols is 1. The predicted octanol–water partition coefficient (Wildman–Crippen LogP) is 4.24. The summed E-state index contributed by atoms with van der Waals surface area (Å²) in [6, 6.07) is 3.06. The Morgan fingerprint density at radius 3 is 2.64 bits per heavy atom. The number of halogens is 3. The standard InChI is InChI=1S/C21H24F3N3O/c1-27-9-3-4-13(12-27)10-18-15-5-2-6-16(15)20(26-25-18)17-8-7-14(11-19(17)28)21(22,23)24/h7-8,11,13,28H,2-6,9-10,12H2,1H3/t13-/m0/s1. The highest BCUT2D eigenvalue weighted by Gasteiger charge is 2.32. The van der Waals surface area contributed by atoms with Gasteiger partial charge in [0.1, 0.15) is 11.4 Å². The zero-order valence-corrected chi connectivity index (χ0v) is 15.9. The van der Waals surface area contributed by atoms with Crippen LogP contribution in [0.5, 0.6) is 5.75 Å². The lowest BCUT2D eigenvalue weighted by Gasteiger charge is -2.29. The van der Waals surface area contributed by atoms with Gasteiger partial charge < -0.3 is 10.0 Å². The number of likely N-dealkylation sites (tertiary alicyclic amines) is 1. The van der Waals surface area contributed by atoms with Crippen molar-refractivity contribution in [3.63, 3.8) is 0 Å².